The van der Waals surface area contributed by atoms with Crippen LogP contribution in [0.15, 0.2) is 87.1 Å². The third-order valence-electron chi connectivity index (χ3n) is 5.31. The Hall–Kier alpha value is -2.89. The van der Waals surface area contributed by atoms with E-state index < -0.39 is 38.4 Å². The monoisotopic (exact) mass is 594 g/mol. The van der Waals surface area contributed by atoms with Gasteiger partial charge in [0.15, 0.2) is 9.84 Å². The fraction of sp³-hybridized carbons (Fsp3) is 0.240. The lowest BCUT2D eigenvalue weighted by Crippen LogP contribution is -2.41. The van der Waals surface area contributed by atoms with E-state index in [0.29, 0.717) is 23.6 Å². The van der Waals surface area contributed by atoms with E-state index in [-0.39, 0.29) is 9.79 Å². The summed E-state index contributed by atoms with van der Waals surface area (Å²) >= 11 is 3.30. The second-order valence-corrected chi connectivity index (χ2v) is 12.8. The lowest BCUT2D eigenvalue weighted by Gasteiger charge is -2.25. The van der Waals surface area contributed by atoms with Crippen LogP contribution in [0.5, 0.6) is 5.75 Å². The minimum absolute atomic E-state index is 0.0387. The van der Waals surface area contributed by atoms with Crippen LogP contribution >= 0.6 is 15.9 Å². The fourth-order valence-electron chi connectivity index (χ4n) is 3.43. The van der Waals surface area contributed by atoms with E-state index in [9.17, 15) is 21.6 Å². The predicted molar refractivity (Wildman–Crippen MR) is 142 cm³/mol. The Kier molecular flexibility index (Phi) is 8.80. The summed E-state index contributed by atoms with van der Waals surface area (Å²) in [6, 6.07) is 18.3. The van der Waals surface area contributed by atoms with Gasteiger partial charge in [0, 0.05) is 10.7 Å². The van der Waals surface area contributed by atoms with Crippen LogP contribution < -0.4 is 14.4 Å². The molecular weight excluding hydrogens is 568 g/mol. The normalized spacial score (nSPS) is 12.6. The Morgan fingerprint density at radius 1 is 0.917 bits per heavy atom. The third kappa shape index (κ3) is 6.86. The predicted octanol–water partition coefficient (Wildman–Crippen LogP) is 4.32. The SMILES string of the molecule is CCOc1ccc(N(CC(=O)N[C@@H](C)c2ccc(S(C)(=O)=O)cc2)S(=O)(=O)c2ccc(Br)cc2)cc1. The second kappa shape index (κ2) is 11.4. The first kappa shape index (κ1) is 27.7. The van der Waals surface area contributed by atoms with Crippen molar-refractivity contribution in [2.24, 2.45) is 0 Å². The molecular formula is C25H27BrN2O6S2. The Balaban J connectivity index is 1.86. The maximum atomic E-state index is 13.5. The summed E-state index contributed by atoms with van der Waals surface area (Å²) in [4.78, 5) is 13.2. The highest BCUT2D eigenvalue weighted by Gasteiger charge is 2.28. The molecule has 0 heterocycles. The number of carbonyl (C=O) groups is 1. The van der Waals surface area contributed by atoms with Crippen molar-refractivity contribution < 1.29 is 26.4 Å². The first-order chi connectivity index (χ1) is 16.9. The Labute approximate surface area is 220 Å². The van der Waals surface area contributed by atoms with Gasteiger partial charge in [-0.05, 0) is 80.1 Å². The summed E-state index contributed by atoms with van der Waals surface area (Å²) in [6.07, 6.45) is 1.12. The van der Waals surface area contributed by atoms with E-state index in [1.807, 2.05) is 6.92 Å². The van der Waals surface area contributed by atoms with Crippen molar-refractivity contribution in [3.05, 3.63) is 82.8 Å². The van der Waals surface area contributed by atoms with Crippen molar-refractivity contribution in [3.8, 4) is 5.75 Å². The van der Waals surface area contributed by atoms with Gasteiger partial charge in [0.05, 0.1) is 28.1 Å². The number of sulfonamides is 1. The van der Waals surface area contributed by atoms with Crippen LogP contribution in [-0.4, -0.2) is 42.2 Å². The molecule has 192 valence electrons. The van der Waals surface area contributed by atoms with Crippen LogP contribution in [0.1, 0.15) is 25.5 Å². The van der Waals surface area contributed by atoms with Crippen molar-refractivity contribution >= 4 is 47.4 Å². The number of rotatable bonds is 10. The molecule has 1 atom stereocenters. The topological polar surface area (TPSA) is 110 Å². The number of amides is 1. The average molecular weight is 596 g/mol. The number of hydrogen-bond donors (Lipinski definition) is 1. The standard InChI is InChI=1S/C25H27BrN2O6S2/c1-4-34-22-11-9-21(10-12-22)28(36(32,33)24-15-7-20(26)8-16-24)17-25(29)27-18(2)19-5-13-23(14-6-19)35(3,30)31/h5-16,18H,4,17H2,1-3H3,(H,27,29)/t18-/m0/s1. The number of ether oxygens (including phenoxy) is 1. The van der Waals surface area contributed by atoms with Crippen LogP contribution in [0, 0.1) is 0 Å². The molecule has 0 bridgehead atoms. The zero-order valence-electron chi connectivity index (χ0n) is 20.0. The quantitative estimate of drug-likeness (QED) is 0.374. The Morgan fingerprint density at radius 3 is 2.00 bits per heavy atom. The minimum Gasteiger partial charge on any atom is -0.494 e. The van der Waals surface area contributed by atoms with Crippen molar-refractivity contribution in [2.75, 3.05) is 23.7 Å². The lowest BCUT2D eigenvalue weighted by molar-refractivity contribution is -0.120. The molecule has 0 aromatic heterocycles. The number of carbonyl (C=O) groups excluding carboxylic acids is 1. The summed E-state index contributed by atoms with van der Waals surface area (Å²) in [5.74, 6) is 0.0575. The van der Waals surface area contributed by atoms with Crippen LogP contribution in [0.4, 0.5) is 5.69 Å². The second-order valence-electron chi connectivity index (χ2n) is 8.02. The van der Waals surface area contributed by atoms with Gasteiger partial charge in [-0.3, -0.25) is 9.10 Å². The van der Waals surface area contributed by atoms with E-state index >= 15 is 0 Å². The summed E-state index contributed by atoms with van der Waals surface area (Å²) in [7, 11) is -7.41. The van der Waals surface area contributed by atoms with Gasteiger partial charge in [-0.25, -0.2) is 16.8 Å². The molecule has 3 aromatic rings. The van der Waals surface area contributed by atoms with E-state index in [4.69, 9.17) is 4.74 Å². The fourth-order valence-corrected chi connectivity index (χ4v) is 5.74. The molecule has 11 heteroatoms. The van der Waals surface area contributed by atoms with Crippen molar-refractivity contribution in [1.82, 2.24) is 5.32 Å². The number of sulfone groups is 1. The number of halogens is 1. The highest BCUT2D eigenvalue weighted by atomic mass is 79.9. The molecule has 3 aromatic carbocycles. The van der Waals surface area contributed by atoms with E-state index in [1.165, 1.54) is 24.3 Å². The molecule has 3 rings (SSSR count). The first-order valence-electron chi connectivity index (χ1n) is 11.0. The molecule has 36 heavy (non-hydrogen) atoms. The van der Waals surface area contributed by atoms with E-state index in [0.717, 1.165) is 15.0 Å². The van der Waals surface area contributed by atoms with Gasteiger partial charge in [-0.15, -0.1) is 0 Å². The maximum Gasteiger partial charge on any atom is 0.264 e. The molecule has 0 aliphatic heterocycles. The molecule has 0 spiro atoms. The Bertz CT molecular complexity index is 1410. The van der Waals surface area contributed by atoms with E-state index in [1.54, 1.807) is 55.5 Å². The van der Waals surface area contributed by atoms with E-state index in [2.05, 4.69) is 21.2 Å². The molecule has 0 unspecified atom stereocenters. The summed E-state index contributed by atoms with van der Waals surface area (Å²) in [5.41, 5.74) is 0.987. The van der Waals surface area contributed by atoms with Crippen LogP contribution in [0.25, 0.3) is 0 Å². The molecule has 0 aliphatic carbocycles. The van der Waals surface area contributed by atoms with Crippen molar-refractivity contribution in [3.63, 3.8) is 0 Å². The lowest BCUT2D eigenvalue weighted by atomic mass is 10.1. The molecule has 1 N–H and O–H groups in total. The number of nitrogens with one attached hydrogen (secondary N) is 1. The average Bonchev–Trinajstić information content (AvgIpc) is 2.83. The molecule has 0 radical (unpaired) electrons. The number of hydrogen-bond acceptors (Lipinski definition) is 6. The van der Waals surface area contributed by atoms with Crippen LogP contribution in [0.3, 0.4) is 0 Å². The first-order valence-corrected chi connectivity index (χ1v) is 15.1. The number of anilines is 1. The molecule has 1 amide bonds. The zero-order valence-corrected chi connectivity index (χ0v) is 23.2. The minimum atomic E-state index is -4.07. The number of benzene rings is 3. The van der Waals surface area contributed by atoms with Gasteiger partial charge >= 0.3 is 0 Å². The summed E-state index contributed by atoms with van der Waals surface area (Å²) < 4.78 is 57.6. The van der Waals surface area contributed by atoms with Gasteiger partial charge in [-0.1, -0.05) is 28.1 Å². The molecule has 0 saturated carbocycles. The van der Waals surface area contributed by atoms with Gasteiger partial charge in [0.25, 0.3) is 10.0 Å². The van der Waals surface area contributed by atoms with Crippen LogP contribution in [-0.2, 0) is 24.7 Å². The largest absolute Gasteiger partial charge is 0.494 e. The maximum absolute atomic E-state index is 13.5. The summed E-state index contributed by atoms with van der Waals surface area (Å²) in [6.45, 7) is 3.58. The molecule has 8 nitrogen and oxygen atoms in total. The van der Waals surface area contributed by atoms with Gasteiger partial charge in [-0.2, -0.15) is 0 Å². The molecule has 0 saturated heterocycles. The summed E-state index contributed by atoms with van der Waals surface area (Å²) in [5, 5.41) is 2.79. The molecule has 0 aliphatic rings. The Morgan fingerprint density at radius 2 is 1.47 bits per heavy atom. The van der Waals surface area contributed by atoms with Crippen molar-refractivity contribution in [2.45, 2.75) is 29.7 Å². The highest BCUT2D eigenvalue weighted by Crippen LogP contribution is 2.27. The molecule has 0 fully saturated rings. The third-order valence-corrected chi connectivity index (χ3v) is 8.76. The van der Waals surface area contributed by atoms with Gasteiger partial charge < -0.3 is 10.1 Å². The van der Waals surface area contributed by atoms with Gasteiger partial charge in [0.1, 0.15) is 12.3 Å². The van der Waals surface area contributed by atoms with Crippen molar-refractivity contribution in [1.29, 1.82) is 0 Å². The highest BCUT2D eigenvalue weighted by molar-refractivity contribution is 9.10. The van der Waals surface area contributed by atoms with Crippen LogP contribution in [0.2, 0.25) is 0 Å². The smallest absolute Gasteiger partial charge is 0.264 e. The zero-order chi connectivity index (χ0) is 26.5. The number of nitrogens with zero attached hydrogens (tertiary/aromatic N) is 1. The van der Waals surface area contributed by atoms with Gasteiger partial charge in [0.2, 0.25) is 5.91 Å².